The van der Waals surface area contributed by atoms with E-state index in [0.717, 1.165) is 0 Å². The minimum absolute atomic E-state index is 0.00981. The predicted molar refractivity (Wildman–Crippen MR) is 156 cm³/mol. The standard InChI is InChI=1S/2C9H9NO2.2C7H7NO/c1-7(11)6-9(12)8-2-4-10-5-3-8;1-7(11)6-9(12)8-4-2-3-5-10-8;1-6(9)7-2-4-8-5-3-7;1-6(9)7-4-2-3-5-8-7/h2*2-5H,6H2,1H3;2*2-5H,1H3. The van der Waals surface area contributed by atoms with Crippen LogP contribution < -0.4 is 0 Å². The molecule has 0 N–H and O–H groups in total. The molecule has 0 aliphatic carbocycles. The van der Waals surface area contributed by atoms with Gasteiger partial charge in [-0.2, -0.15) is 0 Å². The van der Waals surface area contributed by atoms with Crippen LogP contribution in [-0.4, -0.2) is 54.6 Å². The van der Waals surface area contributed by atoms with Crippen LogP contribution in [0.2, 0.25) is 0 Å². The van der Waals surface area contributed by atoms with Crippen LogP contribution in [0, 0.1) is 0 Å². The molecule has 0 radical (unpaired) electrons. The predicted octanol–water partition coefficient (Wildman–Crippen LogP) is 5.06. The first-order valence-corrected chi connectivity index (χ1v) is 12.7. The van der Waals surface area contributed by atoms with Crippen molar-refractivity contribution in [3.63, 3.8) is 0 Å². The smallest absolute Gasteiger partial charge is 0.188 e. The largest absolute Gasteiger partial charge is 0.300 e. The highest BCUT2D eigenvalue weighted by Gasteiger charge is 2.08. The van der Waals surface area contributed by atoms with Gasteiger partial charge in [0.25, 0.3) is 0 Å². The molecule has 4 aromatic rings. The minimum Gasteiger partial charge on any atom is -0.300 e. The second-order valence-corrected chi connectivity index (χ2v) is 8.62. The molecule has 216 valence electrons. The van der Waals surface area contributed by atoms with Crippen molar-refractivity contribution in [3.8, 4) is 0 Å². The van der Waals surface area contributed by atoms with Gasteiger partial charge in [-0.15, -0.1) is 0 Å². The number of nitrogens with zero attached hydrogens (tertiary/aromatic N) is 4. The Bertz CT molecular complexity index is 1330. The van der Waals surface area contributed by atoms with Crippen molar-refractivity contribution < 1.29 is 28.8 Å². The van der Waals surface area contributed by atoms with E-state index in [1.807, 2.05) is 0 Å². The molecule has 42 heavy (non-hydrogen) atoms. The molecule has 0 aliphatic rings. The van der Waals surface area contributed by atoms with E-state index in [-0.39, 0.29) is 47.5 Å². The lowest BCUT2D eigenvalue weighted by molar-refractivity contribution is -0.117. The zero-order valence-corrected chi connectivity index (χ0v) is 23.9. The molecular formula is C32H32N4O6. The van der Waals surface area contributed by atoms with E-state index >= 15 is 0 Å². The van der Waals surface area contributed by atoms with Crippen LogP contribution in [0.25, 0.3) is 0 Å². The van der Waals surface area contributed by atoms with Crippen LogP contribution in [0.3, 0.4) is 0 Å². The first-order valence-electron chi connectivity index (χ1n) is 12.7. The third-order valence-corrected chi connectivity index (χ3v) is 4.88. The molecule has 0 atom stereocenters. The number of carbonyl (C=O) groups is 6. The van der Waals surface area contributed by atoms with E-state index in [1.54, 1.807) is 79.3 Å². The number of Topliss-reactive ketones (excluding diaryl/α,β-unsaturated/α-hetero) is 6. The van der Waals surface area contributed by atoms with E-state index in [1.165, 1.54) is 46.3 Å². The third-order valence-electron chi connectivity index (χ3n) is 4.88. The number of hydrogen-bond donors (Lipinski definition) is 0. The maximum Gasteiger partial charge on any atom is 0.188 e. The van der Waals surface area contributed by atoms with Gasteiger partial charge in [0.15, 0.2) is 23.1 Å². The summed E-state index contributed by atoms with van der Waals surface area (Å²) >= 11 is 0. The number of rotatable bonds is 8. The molecule has 0 bridgehead atoms. The van der Waals surface area contributed by atoms with Gasteiger partial charge in [-0.25, -0.2) is 0 Å². The van der Waals surface area contributed by atoms with Gasteiger partial charge in [0.2, 0.25) is 0 Å². The Balaban J connectivity index is 0.000000283. The second kappa shape index (κ2) is 19.6. The van der Waals surface area contributed by atoms with Gasteiger partial charge < -0.3 is 0 Å². The maximum atomic E-state index is 11.2. The summed E-state index contributed by atoms with van der Waals surface area (Å²) in [5.41, 5.74) is 2.13. The topological polar surface area (TPSA) is 154 Å². The van der Waals surface area contributed by atoms with Crippen molar-refractivity contribution >= 4 is 34.7 Å². The molecular weight excluding hydrogens is 536 g/mol. The molecule has 0 fully saturated rings. The highest BCUT2D eigenvalue weighted by molar-refractivity contribution is 6.07. The van der Waals surface area contributed by atoms with E-state index < -0.39 is 0 Å². The second-order valence-electron chi connectivity index (χ2n) is 8.62. The highest BCUT2D eigenvalue weighted by Crippen LogP contribution is 2.01. The van der Waals surface area contributed by atoms with Gasteiger partial charge in [0.1, 0.15) is 23.0 Å². The fraction of sp³-hybridized carbons (Fsp3) is 0.188. The summed E-state index contributed by atoms with van der Waals surface area (Å²) in [4.78, 5) is 80.0. The van der Waals surface area contributed by atoms with E-state index in [0.29, 0.717) is 22.5 Å². The van der Waals surface area contributed by atoms with Crippen molar-refractivity contribution in [3.05, 3.63) is 120 Å². The molecule has 4 rings (SSSR count). The van der Waals surface area contributed by atoms with Gasteiger partial charge in [0, 0.05) is 55.2 Å². The van der Waals surface area contributed by atoms with Gasteiger partial charge in [-0.05, 0) is 69.3 Å². The number of pyridine rings is 4. The molecule has 0 saturated carbocycles. The van der Waals surface area contributed by atoms with Crippen LogP contribution in [0.5, 0.6) is 0 Å². The van der Waals surface area contributed by atoms with Gasteiger partial charge in [-0.1, -0.05) is 12.1 Å². The molecule has 0 aliphatic heterocycles. The van der Waals surface area contributed by atoms with E-state index in [4.69, 9.17) is 0 Å². The Labute approximate surface area is 244 Å². The molecule has 10 heteroatoms. The first kappa shape index (κ1) is 34.6. The molecule has 0 aromatic carbocycles. The number of aromatic nitrogens is 4. The summed E-state index contributed by atoms with van der Waals surface area (Å²) in [6.45, 7) is 5.83. The Morgan fingerprint density at radius 1 is 0.476 bits per heavy atom. The zero-order chi connectivity index (χ0) is 31.3. The minimum atomic E-state index is -0.219. The molecule has 10 nitrogen and oxygen atoms in total. The van der Waals surface area contributed by atoms with E-state index in [2.05, 4.69) is 19.9 Å². The number of hydrogen-bond acceptors (Lipinski definition) is 10. The Hall–Kier alpha value is -5.38. The van der Waals surface area contributed by atoms with Gasteiger partial charge in [-0.3, -0.25) is 48.7 Å². The summed E-state index contributed by atoms with van der Waals surface area (Å²) in [5.74, 6) is -0.525. The average molecular weight is 569 g/mol. The van der Waals surface area contributed by atoms with Crippen LogP contribution in [-0.2, 0) is 9.59 Å². The fourth-order valence-corrected chi connectivity index (χ4v) is 2.87. The molecule has 4 heterocycles. The van der Waals surface area contributed by atoms with Crippen LogP contribution >= 0.6 is 0 Å². The summed E-state index contributed by atoms with van der Waals surface area (Å²) in [6.07, 6.45) is 9.35. The van der Waals surface area contributed by atoms with Crippen LogP contribution in [0.4, 0.5) is 0 Å². The summed E-state index contributed by atoms with van der Waals surface area (Å²) in [5, 5.41) is 0. The van der Waals surface area contributed by atoms with Crippen LogP contribution in [0.15, 0.2) is 97.8 Å². The summed E-state index contributed by atoms with van der Waals surface area (Å²) < 4.78 is 0. The third kappa shape index (κ3) is 15.3. The van der Waals surface area contributed by atoms with Crippen molar-refractivity contribution in [1.29, 1.82) is 0 Å². The lowest BCUT2D eigenvalue weighted by Gasteiger charge is -1.95. The highest BCUT2D eigenvalue weighted by atomic mass is 16.2. The van der Waals surface area contributed by atoms with E-state index in [9.17, 15) is 28.8 Å². The van der Waals surface area contributed by atoms with Gasteiger partial charge in [0.05, 0.1) is 12.8 Å². The number of carbonyl (C=O) groups excluding carboxylic acids is 6. The SMILES string of the molecule is CC(=O)CC(=O)c1ccccn1.CC(=O)CC(=O)c1ccncc1.CC(=O)c1ccccn1.CC(=O)c1ccncc1. The average Bonchev–Trinajstić information content (AvgIpc) is 2.99. The van der Waals surface area contributed by atoms with Crippen LogP contribution in [0.1, 0.15) is 82.2 Å². The molecule has 0 saturated heterocycles. The summed E-state index contributed by atoms with van der Waals surface area (Å²) in [7, 11) is 0. The zero-order valence-electron chi connectivity index (χ0n) is 23.9. The normalized spacial score (nSPS) is 9.24. The molecule has 0 unspecified atom stereocenters. The van der Waals surface area contributed by atoms with Crippen molar-refractivity contribution in [2.24, 2.45) is 0 Å². The van der Waals surface area contributed by atoms with Gasteiger partial charge >= 0.3 is 0 Å². The number of ketones is 6. The Morgan fingerprint density at radius 3 is 1.24 bits per heavy atom. The summed E-state index contributed by atoms with van der Waals surface area (Å²) in [6, 6.07) is 16.9. The van der Waals surface area contributed by atoms with Crippen molar-refractivity contribution in [2.45, 2.75) is 40.5 Å². The molecule has 0 spiro atoms. The first-order chi connectivity index (χ1) is 20.0. The quantitative estimate of drug-likeness (QED) is 0.208. The van der Waals surface area contributed by atoms with Crippen molar-refractivity contribution in [1.82, 2.24) is 19.9 Å². The Morgan fingerprint density at radius 2 is 0.905 bits per heavy atom. The fourth-order valence-electron chi connectivity index (χ4n) is 2.87. The molecule has 4 aromatic heterocycles. The lowest BCUT2D eigenvalue weighted by atomic mass is 10.1. The lowest BCUT2D eigenvalue weighted by Crippen LogP contribution is -2.06. The monoisotopic (exact) mass is 568 g/mol. The Kier molecular flexibility index (Phi) is 16.2. The maximum absolute atomic E-state index is 11.2. The molecule has 0 amide bonds. The van der Waals surface area contributed by atoms with Crippen molar-refractivity contribution in [2.75, 3.05) is 0 Å².